The van der Waals surface area contributed by atoms with Crippen molar-refractivity contribution in [2.75, 3.05) is 10.8 Å². The Morgan fingerprint density at radius 3 is 2.12 bits per heavy atom. The van der Waals surface area contributed by atoms with Crippen LogP contribution in [0.3, 0.4) is 0 Å². The molecule has 40 heavy (non-hydrogen) atoms. The SMILES string of the molecule is CC[C@@H](C)NC(=O)[C@H](CC)N(Cc1cccc(C)c1)C(=O)CN(c1ccccc1C)S(=O)(=O)c1ccc(C)cc1. The van der Waals surface area contributed by atoms with Gasteiger partial charge in [0, 0.05) is 12.6 Å². The molecule has 2 amide bonds. The molecule has 2 atom stereocenters. The molecule has 0 aliphatic rings. The Morgan fingerprint density at radius 2 is 1.52 bits per heavy atom. The monoisotopic (exact) mass is 563 g/mol. The van der Waals surface area contributed by atoms with E-state index in [0.29, 0.717) is 12.1 Å². The van der Waals surface area contributed by atoms with Gasteiger partial charge in [-0.3, -0.25) is 13.9 Å². The lowest BCUT2D eigenvalue weighted by atomic mass is 10.1. The summed E-state index contributed by atoms with van der Waals surface area (Å²) in [6, 6.07) is 20.6. The lowest BCUT2D eigenvalue weighted by Crippen LogP contribution is -2.53. The molecule has 0 spiro atoms. The number of para-hydroxylation sites is 1. The van der Waals surface area contributed by atoms with Gasteiger partial charge in [-0.2, -0.15) is 0 Å². The van der Waals surface area contributed by atoms with E-state index < -0.39 is 28.5 Å². The molecule has 0 unspecified atom stereocenters. The second-order valence-corrected chi connectivity index (χ2v) is 12.2. The Bertz CT molecular complexity index is 1420. The van der Waals surface area contributed by atoms with Gasteiger partial charge >= 0.3 is 0 Å². The Balaban J connectivity index is 2.07. The van der Waals surface area contributed by atoms with Gasteiger partial charge in [-0.15, -0.1) is 0 Å². The van der Waals surface area contributed by atoms with Gasteiger partial charge in [0.1, 0.15) is 12.6 Å². The minimum atomic E-state index is -4.09. The van der Waals surface area contributed by atoms with Crippen molar-refractivity contribution in [3.05, 3.63) is 95.1 Å². The summed E-state index contributed by atoms with van der Waals surface area (Å²) in [5, 5.41) is 3.00. The number of benzene rings is 3. The zero-order valence-corrected chi connectivity index (χ0v) is 25.2. The highest BCUT2D eigenvalue weighted by atomic mass is 32.2. The van der Waals surface area contributed by atoms with Crippen molar-refractivity contribution in [1.82, 2.24) is 10.2 Å². The van der Waals surface area contributed by atoms with Crippen molar-refractivity contribution in [3.8, 4) is 0 Å². The van der Waals surface area contributed by atoms with E-state index in [1.807, 2.05) is 77.9 Å². The number of hydrogen-bond acceptors (Lipinski definition) is 4. The number of anilines is 1. The molecule has 3 aromatic rings. The second kappa shape index (κ2) is 13.6. The maximum Gasteiger partial charge on any atom is 0.264 e. The average molecular weight is 564 g/mol. The minimum Gasteiger partial charge on any atom is -0.352 e. The molecule has 0 aliphatic heterocycles. The summed E-state index contributed by atoms with van der Waals surface area (Å²) in [7, 11) is -4.09. The van der Waals surface area contributed by atoms with Crippen LogP contribution in [0.2, 0.25) is 0 Å². The fourth-order valence-corrected chi connectivity index (χ4v) is 6.04. The van der Waals surface area contributed by atoms with E-state index in [2.05, 4.69) is 5.32 Å². The molecule has 3 aromatic carbocycles. The van der Waals surface area contributed by atoms with Gasteiger partial charge < -0.3 is 10.2 Å². The summed E-state index contributed by atoms with van der Waals surface area (Å²) < 4.78 is 29.1. The molecule has 0 aromatic heterocycles. The molecule has 0 radical (unpaired) electrons. The summed E-state index contributed by atoms with van der Waals surface area (Å²) in [5.41, 5.74) is 3.97. The van der Waals surface area contributed by atoms with Crippen LogP contribution in [0, 0.1) is 20.8 Å². The number of amides is 2. The number of nitrogens with one attached hydrogen (secondary N) is 1. The van der Waals surface area contributed by atoms with Gasteiger partial charge in [0.15, 0.2) is 0 Å². The van der Waals surface area contributed by atoms with Crippen LogP contribution < -0.4 is 9.62 Å². The second-order valence-electron chi connectivity index (χ2n) is 10.4. The van der Waals surface area contributed by atoms with E-state index in [4.69, 9.17) is 0 Å². The van der Waals surface area contributed by atoms with Gasteiger partial charge in [0.05, 0.1) is 10.6 Å². The predicted octanol–water partition coefficient (Wildman–Crippen LogP) is 5.53. The fourth-order valence-electron chi connectivity index (χ4n) is 4.56. The van der Waals surface area contributed by atoms with Crippen LogP contribution in [-0.2, 0) is 26.2 Å². The van der Waals surface area contributed by atoms with Crippen LogP contribution in [0.4, 0.5) is 5.69 Å². The third-order valence-electron chi connectivity index (χ3n) is 7.09. The topological polar surface area (TPSA) is 86.8 Å². The highest BCUT2D eigenvalue weighted by molar-refractivity contribution is 7.92. The molecule has 214 valence electrons. The van der Waals surface area contributed by atoms with E-state index in [9.17, 15) is 18.0 Å². The first-order chi connectivity index (χ1) is 19.0. The Labute approximate surface area is 239 Å². The molecule has 0 heterocycles. The number of carbonyl (C=O) groups excluding carboxylic acids is 2. The molecule has 3 rings (SSSR count). The molecule has 0 bridgehead atoms. The largest absolute Gasteiger partial charge is 0.352 e. The van der Waals surface area contributed by atoms with Gasteiger partial charge in [-0.25, -0.2) is 8.42 Å². The van der Waals surface area contributed by atoms with Crippen molar-refractivity contribution in [3.63, 3.8) is 0 Å². The summed E-state index contributed by atoms with van der Waals surface area (Å²) in [6.45, 7) is 11.2. The Kier molecular flexibility index (Phi) is 10.5. The molecule has 0 saturated heterocycles. The summed E-state index contributed by atoms with van der Waals surface area (Å²) >= 11 is 0. The van der Waals surface area contributed by atoms with Crippen LogP contribution in [-0.4, -0.2) is 43.8 Å². The number of hydrogen-bond donors (Lipinski definition) is 1. The fraction of sp³-hybridized carbons (Fsp3) is 0.375. The van der Waals surface area contributed by atoms with E-state index >= 15 is 0 Å². The predicted molar refractivity (Wildman–Crippen MR) is 161 cm³/mol. The van der Waals surface area contributed by atoms with Crippen molar-refractivity contribution in [2.45, 2.75) is 77.9 Å². The molecule has 0 saturated carbocycles. The number of sulfonamides is 1. The minimum absolute atomic E-state index is 0.0529. The number of carbonyl (C=O) groups is 2. The number of aryl methyl sites for hydroxylation is 3. The maximum atomic E-state index is 14.2. The first-order valence-electron chi connectivity index (χ1n) is 13.8. The van der Waals surface area contributed by atoms with E-state index in [0.717, 1.165) is 33.0 Å². The molecule has 0 aliphatic carbocycles. The van der Waals surface area contributed by atoms with E-state index in [1.165, 1.54) is 4.90 Å². The first-order valence-corrected chi connectivity index (χ1v) is 15.2. The van der Waals surface area contributed by atoms with Crippen molar-refractivity contribution >= 4 is 27.5 Å². The lowest BCUT2D eigenvalue weighted by Gasteiger charge is -2.34. The number of rotatable bonds is 12. The molecule has 0 fully saturated rings. The summed E-state index contributed by atoms with van der Waals surface area (Å²) in [6.07, 6.45) is 1.14. The third-order valence-corrected chi connectivity index (χ3v) is 8.87. The van der Waals surface area contributed by atoms with Crippen LogP contribution in [0.25, 0.3) is 0 Å². The number of nitrogens with zero attached hydrogens (tertiary/aromatic N) is 2. The molecule has 8 heteroatoms. The normalized spacial score (nSPS) is 12.8. The van der Waals surface area contributed by atoms with Crippen molar-refractivity contribution in [1.29, 1.82) is 0 Å². The molecule has 1 N–H and O–H groups in total. The van der Waals surface area contributed by atoms with Crippen LogP contribution in [0.15, 0.2) is 77.7 Å². The Morgan fingerprint density at radius 1 is 0.850 bits per heavy atom. The smallest absolute Gasteiger partial charge is 0.264 e. The first kappa shape index (κ1) is 30.9. The zero-order chi connectivity index (χ0) is 29.4. The zero-order valence-electron chi connectivity index (χ0n) is 24.3. The van der Waals surface area contributed by atoms with E-state index in [1.54, 1.807) is 36.4 Å². The van der Waals surface area contributed by atoms with E-state index in [-0.39, 0.29) is 23.4 Å². The molecule has 7 nitrogen and oxygen atoms in total. The average Bonchev–Trinajstić information content (AvgIpc) is 2.92. The quantitative estimate of drug-likeness (QED) is 0.314. The van der Waals surface area contributed by atoms with Gasteiger partial charge in [0.2, 0.25) is 11.8 Å². The maximum absolute atomic E-state index is 14.2. The van der Waals surface area contributed by atoms with Gasteiger partial charge in [-0.05, 0) is 69.9 Å². The lowest BCUT2D eigenvalue weighted by molar-refractivity contribution is -0.140. The van der Waals surface area contributed by atoms with Crippen LogP contribution >= 0.6 is 0 Å². The highest BCUT2D eigenvalue weighted by Gasteiger charge is 2.34. The van der Waals surface area contributed by atoms with Crippen LogP contribution in [0.5, 0.6) is 0 Å². The third kappa shape index (κ3) is 7.50. The van der Waals surface area contributed by atoms with Crippen molar-refractivity contribution in [2.24, 2.45) is 0 Å². The standard InChI is InChI=1S/C32H41N3O4S/c1-7-26(6)33-32(37)29(8-2)34(21-27-14-11-12-24(4)20-27)31(36)22-35(30-15-10-9-13-25(30)5)40(38,39)28-18-16-23(3)17-19-28/h9-20,26,29H,7-8,21-22H2,1-6H3,(H,33,37)/t26-,29+/m1/s1. The molecular weight excluding hydrogens is 522 g/mol. The highest BCUT2D eigenvalue weighted by Crippen LogP contribution is 2.28. The van der Waals surface area contributed by atoms with Gasteiger partial charge in [-0.1, -0.05) is 79.6 Å². The Hall–Kier alpha value is -3.65. The van der Waals surface area contributed by atoms with Gasteiger partial charge in [0.25, 0.3) is 10.0 Å². The van der Waals surface area contributed by atoms with Crippen molar-refractivity contribution < 1.29 is 18.0 Å². The summed E-state index contributed by atoms with van der Waals surface area (Å²) in [5.74, 6) is -0.701. The summed E-state index contributed by atoms with van der Waals surface area (Å²) in [4.78, 5) is 29.1. The molecular formula is C32H41N3O4S. The van der Waals surface area contributed by atoms with Crippen LogP contribution in [0.1, 0.15) is 55.9 Å².